The summed E-state index contributed by atoms with van der Waals surface area (Å²) in [6.45, 7) is 2.36. The van der Waals surface area contributed by atoms with Crippen molar-refractivity contribution in [3.8, 4) is 11.3 Å². The molecular formula is C32H26F6N6. The van der Waals surface area contributed by atoms with Crippen LogP contribution in [0.1, 0.15) is 41.3 Å². The Kier molecular flexibility index (Phi) is 7.93. The Morgan fingerprint density at radius 3 is 2.20 bits per heavy atom. The van der Waals surface area contributed by atoms with Crippen LogP contribution in [-0.2, 0) is 18.9 Å². The fraction of sp³-hybridized carbons (Fsp3) is 0.250. The minimum absolute atomic E-state index is 0.0227. The first-order valence-corrected chi connectivity index (χ1v) is 13.9. The van der Waals surface area contributed by atoms with E-state index < -0.39 is 23.5 Å². The Bertz CT molecular complexity index is 1750. The normalized spacial score (nSPS) is 15.0. The SMILES string of the molecule is FC(F)(F)c1ccc(Nc2nc(C3CCN(Cc4ccncc4)CC3)nc3cc(-c4ncccc4C(F)(F)F)ccc23)cc1. The van der Waals surface area contributed by atoms with Crippen molar-refractivity contribution in [3.05, 3.63) is 108 Å². The van der Waals surface area contributed by atoms with E-state index in [1.165, 1.54) is 30.5 Å². The maximum atomic E-state index is 13.8. The number of pyridine rings is 2. The Balaban J connectivity index is 1.35. The first-order chi connectivity index (χ1) is 21.0. The second-order valence-electron chi connectivity index (χ2n) is 10.7. The van der Waals surface area contributed by atoms with Crippen LogP contribution < -0.4 is 5.32 Å². The molecule has 6 rings (SSSR count). The minimum Gasteiger partial charge on any atom is -0.340 e. The van der Waals surface area contributed by atoms with Gasteiger partial charge in [-0.2, -0.15) is 26.3 Å². The molecule has 0 atom stereocenters. The molecule has 6 nitrogen and oxygen atoms in total. The summed E-state index contributed by atoms with van der Waals surface area (Å²) in [6, 6.07) is 15.4. The molecule has 0 amide bonds. The number of nitrogens with zero attached hydrogens (tertiary/aromatic N) is 5. The van der Waals surface area contributed by atoms with E-state index in [2.05, 4.69) is 20.2 Å². The van der Waals surface area contributed by atoms with Gasteiger partial charge in [0.05, 0.1) is 22.3 Å². The molecule has 0 radical (unpaired) electrons. The van der Waals surface area contributed by atoms with Crippen LogP contribution in [0, 0.1) is 0 Å². The molecule has 3 aromatic heterocycles. The fourth-order valence-electron chi connectivity index (χ4n) is 5.41. The van der Waals surface area contributed by atoms with E-state index in [1.807, 2.05) is 12.1 Å². The molecule has 12 heteroatoms. The predicted octanol–water partition coefficient (Wildman–Crippen LogP) is 8.25. The van der Waals surface area contributed by atoms with Gasteiger partial charge < -0.3 is 5.32 Å². The Labute approximate surface area is 248 Å². The molecule has 4 heterocycles. The molecule has 44 heavy (non-hydrogen) atoms. The lowest BCUT2D eigenvalue weighted by Crippen LogP contribution is -2.33. The van der Waals surface area contributed by atoms with E-state index in [1.54, 1.807) is 24.5 Å². The van der Waals surface area contributed by atoms with Crippen molar-refractivity contribution in [1.82, 2.24) is 24.8 Å². The minimum atomic E-state index is -4.60. The van der Waals surface area contributed by atoms with E-state index in [0.29, 0.717) is 28.2 Å². The van der Waals surface area contributed by atoms with Crippen molar-refractivity contribution >= 4 is 22.4 Å². The third-order valence-corrected chi connectivity index (χ3v) is 7.68. The van der Waals surface area contributed by atoms with Crippen molar-refractivity contribution in [2.24, 2.45) is 0 Å². The van der Waals surface area contributed by atoms with Crippen molar-refractivity contribution in [2.45, 2.75) is 37.7 Å². The number of piperidine rings is 1. The zero-order valence-electron chi connectivity index (χ0n) is 23.2. The van der Waals surface area contributed by atoms with Gasteiger partial charge in [-0.3, -0.25) is 14.9 Å². The summed E-state index contributed by atoms with van der Waals surface area (Å²) in [5.74, 6) is 0.850. The number of hydrogen-bond acceptors (Lipinski definition) is 6. The summed E-state index contributed by atoms with van der Waals surface area (Å²) in [4.78, 5) is 20.0. The first-order valence-electron chi connectivity index (χ1n) is 13.9. The van der Waals surface area contributed by atoms with Crippen LogP contribution in [0.4, 0.5) is 37.8 Å². The number of halogens is 6. The van der Waals surface area contributed by atoms with E-state index in [-0.39, 0.29) is 17.2 Å². The molecular weight excluding hydrogens is 582 g/mol. The fourth-order valence-corrected chi connectivity index (χ4v) is 5.41. The molecule has 1 fully saturated rings. The van der Waals surface area contributed by atoms with Gasteiger partial charge in [-0.15, -0.1) is 0 Å². The summed E-state index contributed by atoms with van der Waals surface area (Å²) in [6.07, 6.45) is -2.74. The Hall–Kier alpha value is -4.58. The van der Waals surface area contributed by atoms with E-state index in [0.717, 1.165) is 56.2 Å². The largest absolute Gasteiger partial charge is 0.418 e. The molecule has 2 aromatic carbocycles. The molecule has 5 aromatic rings. The molecule has 0 saturated carbocycles. The number of benzene rings is 2. The highest BCUT2D eigenvalue weighted by atomic mass is 19.4. The standard InChI is InChI=1S/C32H26F6N6/c33-31(34,35)23-4-6-24(7-5-23)41-30-25-8-3-22(28-26(32(36,37)38)2-1-13-40-28)18-27(25)42-29(43-30)21-11-16-44(17-12-21)19-20-9-14-39-15-10-20/h1-10,13-15,18,21H,11-12,16-17,19H2,(H,41,42,43). The second kappa shape index (κ2) is 11.8. The van der Waals surface area contributed by atoms with E-state index in [9.17, 15) is 26.3 Å². The van der Waals surface area contributed by atoms with Crippen LogP contribution in [0.25, 0.3) is 22.2 Å². The van der Waals surface area contributed by atoms with Gasteiger partial charge in [-0.05, 0) is 92.2 Å². The molecule has 1 saturated heterocycles. The van der Waals surface area contributed by atoms with Gasteiger partial charge in [-0.1, -0.05) is 6.07 Å². The first kappa shape index (κ1) is 29.5. The smallest absolute Gasteiger partial charge is 0.340 e. The average molecular weight is 609 g/mol. The predicted molar refractivity (Wildman–Crippen MR) is 154 cm³/mol. The zero-order chi connectivity index (χ0) is 30.9. The van der Waals surface area contributed by atoms with Gasteiger partial charge >= 0.3 is 12.4 Å². The number of aromatic nitrogens is 4. The summed E-state index contributed by atoms with van der Waals surface area (Å²) in [7, 11) is 0. The number of nitrogens with one attached hydrogen (secondary N) is 1. The van der Waals surface area contributed by atoms with E-state index in [4.69, 9.17) is 9.97 Å². The summed E-state index contributed by atoms with van der Waals surface area (Å²) >= 11 is 0. The highest BCUT2D eigenvalue weighted by Gasteiger charge is 2.34. The third kappa shape index (κ3) is 6.49. The molecule has 0 bridgehead atoms. The van der Waals surface area contributed by atoms with Crippen molar-refractivity contribution in [2.75, 3.05) is 18.4 Å². The third-order valence-electron chi connectivity index (χ3n) is 7.68. The van der Waals surface area contributed by atoms with Crippen LogP contribution >= 0.6 is 0 Å². The molecule has 1 aliphatic rings. The molecule has 0 unspecified atom stereocenters. The monoisotopic (exact) mass is 608 g/mol. The number of likely N-dealkylation sites (tertiary alicyclic amines) is 1. The Morgan fingerprint density at radius 1 is 0.795 bits per heavy atom. The number of hydrogen-bond donors (Lipinski definition) is 1. The van der Waals surface area contributed by atoms with E-state index >= 15 is 0 Å². The zero-order valence-corrected chi connectivity index (χ0v) is 23.2. The van der Waals surface area contributed by atoms with Gasteiger partial charge in [0.2, 0.25) is 0 Å². The molecule has 0 spiro atoms. The van der Waals surface area contributed by atoms with Crippen LogP contribution in [-0.4, -0.2) is 37.9 Å². The van der Waals surface area contributed by atoms with Crippen molar-refractivity contribution < 1.29 is 26.3 Å². The van der Waals surface area contributed by atoms with Crippen LogP contribution in [0.5, 0.6) is 0 Å². The quantitative estimate of drug-likeness (QED) is 0.196. The van der Waals surface area contributed by atoms with Crippen molar-refractivity contribution in [1.29, 1.82) is 0 Å². The van der Waals surface area contributed by atoms with Gasteiger partial charge in [0.15, 0.2) is 0 Å². The Morgan fingerprint density at radius 2 is 1.52 bits per heavy atom. The maximum Gasteiger partial charge on any atom is 0.418 e. The summed E-state index contributed by atoms with van der Waals surface area (Å²) in [5.41, 5.74) is 0.313. The van der Waals surface area contributed by atoms with Crippen LogP contribution in [0.3, 0.4) is 0 Å². The van der Waals surface area contributed by atoms with Gasteiger partial charge in [0.25, 0.3) is 0 Å². The molecule has 226 valence electrons. The number of rotatable bonds is 6. The van der Waals surface area contributed by atoms with Crippen LogP contribution in [0.15, 0.2) is 85.3 Å². The highest BCUT2D eigenvalue weighted by molar-refractivity contribution is 5.93. The van der Waals surface area contributed by atoms with Gasteiger partial charge in [0, 0.05) is 47.7 Å². The molecule has 0 aliphatic carbocycles. The number of fused-ring (bicyclic) bond motifs is 1. The summed E-state index contributed by atoms with van der Waals surface area (Å²) < 4.78 is 80.7. The second-order valence-corrected chi connectivity index (χ2v) is 10.7. The van der Waals surface area contributed by atoms with Gasteiger partial charge in [-0.25, -0.2) is 9.97 Å². The maximum absolute atomic E-state index is 13.8. The number of alkyl halides is 6. The lowest BCUT2D eigenvalue weighted by molar-refractivity contribution is -0.138. The topological polar surface area (TPSA) is 66.8 Å². The van der Waals surface area contributed by atoms with Crippen LogP contribution in [0.2, 0.25) is 0 Å². The number of anilines is 2. The average Bonchev–Trinajstić information content (AvgIpc) is 3.01. The molecule has 1 N–H and O–H groups in total. The van der Waals surface area contributed by atoms with Crippen molar-refractivity contribution in [3.63, 3.8) is 0 Å². The summed E-state index contributed by atoms with van der Waals surface area (Å²) in [5, 5.41) is 3.62. The van der Waals surface area contributed by atoms with Gasteiger partial charge in [0.1, 0.15) is 11.6 Å². The highest BCUT2D eigenvalue weighted by Crippen LogP contribution is 2.38. The lowest BCUT2D eigenvalue weighted by atomic mass is 9.95. The lowest BCUT2D eigenvalue weighted by Gasteiger charge is -2.31. The molecule has 1 aliphatic heterocycles.